The number of pyridine rings is 2. The molecule has 0 saturated carbocycles. The average Bonchev–Trinajstić information content (AvgIpc) is 3.61. The van der Waals surface area contributed by atoms with E-state index in [1.807, 2.05) is 17.6 Å². The normalized spacial score (nSPS) is 13.8. The molecule has 0 amide bonds. The van der Waals surface area contributed by atoms with Gasteiger partial charge in [-0.05, 0) is 48.4 Å². The van der Waals surface area contributed by atoms with Gasteiger partial charge in [0.05, 0.1) is 17.5 Å². The SMILES string of the molecule is Cc1ccc(NS(=O)(=O)Cc2cc(C(F)(F)F)ccn2)cc1-c1cc2cn/c(=N\c3ccn[nH]3)nc-2n2c1NCC2. The van der Waals surface area contributed by atoms with E-state index in [1.165, 1.54) is 0 Å². The number of hydrogen-bond acceptors (Lipinski definition) is 8. The molecule has 0 fully saturated rings. The summed E-state index contributed by atoms with van der Waals surface area (Å²) >= 11 is 0. The molecule has 210 valence electrons. The van der Waals surface area contributed by atoms with Gasteiger partial charge in [-0.3, -0.25) is 14.8 Å². The Hall–Kier alpha value is -4.79. The molecule has 11 nitrogen and oxygen atoms in total. The predicted molar refractivity (Wildman–Crippen MR) is 145 cm³/mol. The minimum Gasteiger partial charge on any atom is -0.369 e. The fourth-order valence-corrected chi connectivity index (χ4v) is 5.76. The fourth-order valence-electron chi connectivity index (χ4n) is 4.66. The lowest BCUT2D eigenvalue weighted by molar-refractivity contribution is -0.137. The molecule has 0 bridgehead atoms. The summed E-state index contributed by atoms with van der Waals surface area (Å²) in [6, 6.07) is 10.2. The second kappa shape index (κ2) is 9.99. The van der Waals surface area contributed by atoms with Crippen LogP contribution >= 0.6 is 0 Å². The number of aromatic amines is 1. The van der Waals surface area contributed by atoms with E-state index < -0.39 is 27.5 Å². The molecule has 6 rings (SSSR count). The van der Waals surface area contributed by atoms with E-state index in [0.29, 0.717) is 24.7 Å². The Labute approximate surface area is 231 Å². The predicted octanol–water partition coefficient (Wildman–Crippen LogP) is 4.10. The summed E-state index contributed by atoms with van der Waals surface area (Å²) in [5.41, 5.74) is 2.58. The van der Waals surface area contributed by atoms with Crippen LogP contribution in [-0.4, -0.2) is 44.7 Å². The van der Waals surface area contributed by atoms with Crippen molar-refractivity contribution >= 4 is 27.3 Å². The Morgan fingerprint density at radius 1 is 1.07 bits per heavy atom. The summed E-state index contributed by atoms with van der Waals surface area (Å²) in [5.74, 6) is 1.30. The monoisotopic (exact) mass is 581 g/mol. The van der Waals surface area contributed by atoms with Crippen molar-refractivity contribution in [3.8, 4) is 22.5 Å². The third-order valence-electron chi connectivity index (χ3n) is 6.48. The molecule has 3 N–H and O–H groups in total. The van der Waals surface area contributed by atoms with Crippen molar-refractivity contribution in [2.45, 2.75) is 25.4 Å². The molecule has 0 atom stereocenters. The zero-order valence-electron chi connectivity index (χ0n) is 21.4. The van der Waals surface area contributed by atoms with E-state index in [4.69, 9.17) is 0 Å². The number of benzene rings is 1. The lowest BCUT2D eigenvalue weighted by Gasteiger charge is -2.19. The van der Waals surface area contributed by atoms with Gasteiger partial charge in [0.2, 0.25) is 10.0 Å². The summed E-state index contributed by atoms with van der Waals surface area (Å²) in [5, 5.41) is 10.0. The molecule has 0 radical (unpaired) electrons. The molecule has 0 saturated heterocycles. The number of sulfonamides is 1. The Balaban J connectivity index is 1.34. The number of fused-ring (bicyclic) bond motifs is 3. The zero-order valence-corrected chi connectivity index (χ0v) is 22.3. The number of aryl methyl sites for hydroxylation is 1. The summed E-state index contributed by atoms with van der Waals surface area (Å²) < 4.78 is 69.5. The van der Waals surface area contributed by atoms with Crippen LogP contribution in [-0.2, 0) is 28.5 Å². The molecule has 5 heterocycles. The van der Waals surface area contributed by atoms with Crippen molar-refractivity contribution in [3.63, 3.8) is 0 Å². The minimum atomic E-state index is -4.60. The van der Waals surface area contributed by atoms with Gasteiger partial charge in [0.1, 0.15) is 17.4 Å². The maximum absolute atomic E-state index is 13.1. The number of nitrogens with one attached hydrogen (secondary N) is 3. The first-order valence-electron chi connectivity index (χ1n) is 12.4. The Bertz CT molecular complexity index is 1900. The Morgan fingerprint density at radius 2 is 1.93 bits per heavy atom. The summed E-state index contributed by atoms with van der Waals surface area (Å²) in [6.45, 7) is 3.22. The third-order valence-corrected chi connectivity index (χ3v) is 7.70. The Morgan fingerprint density at radius 3 is 2.71 bits per heavy atom. The van der Waals surface area contributed by atoms with Gasteiger partial charge in [-0.2, -0.15) is 28.2 Å². The first kappa shape index (κ1) is 26.4. The number of halogens is 3. The van der Waals surface area contributed by atoms with Crippen LogP contribution < -0.4 is 15.7 Å². The van der Waals surface area contributed by atoms with Crippen LogP contribution in [0.25, 0.3) is 22.5 Å². The summed E-state index contributed by atoms with van der Waals surface area (Å²) in [6.07, 6.45) is -0.396. The van der Waals surface area contributed by atoms with Crippen LogP contribution in [0.15, 0.2) is 66.0 Å². The number of aromatic nitrogens is 6. The number of alkyl halides is 3. The molecular formula is C26H22F3N9O2S. The van der Waals surface area contributed by atoms with Crippen molar-refractivity contribution in [2.75, 3.05) is 16.6 Å². The zero-order chi connectivity index (χ0) is 28.8. The highest BCUT2D eigenvalue weighted by molar-refractivity contribution is 7.91. The van der Waals surface area contributed by atoms with Gasteiger partial charge in [-0.1, -0.05) is 6.07 Å². The lowest BCUT2D eigenvalue weighted by Crippen LogP contribution is -2.18. The van der Waals surface area contributed by atoms with E-state index in [0.717, 1.165) is 46.4 Å². The summed E-state index contributed by atoms with van der Waals surface area (Å²) in [4.78, 5) is 17.2. The van der Waals surface area contributed by atoms with Crippen LogP contribution in [0, 0.1) is 6.92 Å². The van der Waals surface area contributed by atoms with E-state index in [9.17, 15) is 21.6 Å². The van der Waals surface area contributed by atoms with Crippen LogP contribution in [0.3, 0.4) is 0 Å². The number of hydrogen-bond donors (Lipinski definition) is 3. The maximum atomic E-state index is 13.1. The van der Waals surface area contributed by atoms with E-state index in [-0.39, 0.29) is 17.0 Å². The highest BCUT2D eigenvalue weighted by Gasteiger charge is 2.31. The lowest BCUT2D eigenvalue weighted by atomic mass is 9.98. The molecule has 2 aromatic heterocycles. The first-order chi connectivity index (χ1) is 19.6. The van der Waals surface area contributed by atoms with Gasteiger partial charge in [0, 0.05) is 48.4 Å². The van der Waals surface area contributed by atoms with Crippen molar-refractivity contribution in [3.05, 3.63) is 83.5 Å². The van der Waals surface area contributed by atoms with Crippen LogP contribution in [0.4, 0.5) is 30.5 Å². The molecule has 3 aliphatic heterocycles. The molecule has 0 aliphatic carbocycles. The smallest absolute Gasteiger partial charge is 0.369 e. The molecule has 0 unspecified atom stereocenters. The Kier molecular flexibility index (Phi) is 6.44. The fraction of sp³-hybridized carbons (Fsp3) is 0.192. The molecule has 15 heteroatoms. The number of H-pyrrole nitrogens is 1. The van der Waals surface area contributed by atoms with Crippen LogP contribution in [0.5, 0.6) is 0 Å². The largest absolute Gasteiger partial charge is 0.416 e. The third kappa shape index (κ3) is 5.48. The number of rotatable bonds is 6. The highest BCUT2D eigenvalue weighted by Crippen LogP contribution is 2.39. The standard InChI is InChI=1S/C26H22F3N9O2S/c1-15-2-3-18(37-41(39,40)14-19-11-17(4-6-30-19)26(27,28)29)12-20(15)21-10-16-13-32-25(34-22-5-7-33-36-22)35-23(16)38-9-8-31-24(21)38/h2-7,10-13,31,37H,8-9,14H2,1H3,(H,33,36)/b34-25+. The second-order valence-corrected chi connectivity index (χ2v) is 11.1. The van der Waals surface area contributed by atoms with Crippen LogP contribution in [0.2, 0.25) is 0 Å². The van der Waals surface area contributed by atoms with E-state index in [1.54, 1.807) is 36.7 Å². The highest BCUT2D eigenvalue weighted by atomic mass is 32.2. The van der Waals surface area contributed by atoms with E-state index in [2.05, 4.69) is 40.2 Å². The quantitative estimate of drug-likeness (QED) is 0.274. The van der Waals surface area contributed by atoms with Crippen molar-refractivity contribution in [1.82, 2.24) is 29.7 Å². The minimum absolute atomic E-state index is 0.216. The van der Waals surface area contributed by atoms with Gasteiger partial charge >= 0.3 is 6.18 Å². The molecule has 41 heavy (non-hydrogen) atoms. The van der Waals surface area contributed by atoms with Gasteiger partial charge in [0.15, 0.2) is 5.82 Å². The average molecular weight is 582 g/mol. The van der Waals surface area contributed by atoms with Crippen molar-refractivity contribution < 1.29 is 21.6 Å². The van der Waals surface area contributed by atoms with Gasteiger partial charge in [-0.25, -0.2) is 13.4 Å². The number of anilines is 2. The van der Waals surface area contributed by atoms with Gasteiger partial charge in [0.25, 0.3) is 5.62 Å². The van der Waals surface area contributed by atoms with Crippen molar-refractivity contribution in [1.29, 1.82) is 0 Å². The van der Waals surface area contributed by atoms with Gasteiger partial charge < -0.3 is 9.88 Å². The van der Waals surface area contributed by atoms with Crippen molar-refractivity contribution in [2.24, 2.45) is 4.99 Å². The molecule has 0 spiro atoms. The molecular weight excluding hydrogens is 559 g/mol. The second-order valence-electron chi connectivity index (χ2n) is 9.41. The molecule has 1 aromatic carbocycles. The van der Waals surface area contributed by atoms with Crippen LogP contribution in [0.1, 0.15) is 16.8 Å². The topological polar surface area (TPSA) is 143 Å². The first-order valence-corrected chi connectivity index (χ1v) is 14.0. The summed E-state index contributed by atoms with van der Waals surface area (Å²) in [7, 11) is -4.07. The number of nitrogens with zero attached hydrogens (tertiary/aromatic N) is 6. The molecule has 3 aliphatic rings. The van der Waals surface area contributed by atoms with Gasteiger partial charge in [-0.15, -0.1) is 0 Å². The maximum Gasteiger partial charge on any atom is 0.416 e. The molecule has 3 aromatic rings. The van der Waals surface area contributed by atoms with E-state index >= 15 is 0 Å².